The highest BCUT2D eigenvalue weighted by atomic mass is 16.5. The average molecular weight is 287 g/mol. The van der Waals surface area contributed by atoms with Crippen LogP contribution < -0.4 is 14.8 Å². The van der Waals surface area contributed by atoms with Crippen molar-refractivity contribution in [2.24, 2.45) is 0 Å². The molecule has 2 fully saturated rings. The van der Waals surface area contributed by atoms with Crippen molar-refractivity contribution in [3.05, 3.63) is 23.8 Å². The van der Waals surface area contributed by atoms with E-state index in [4.69, 9.17) is 25.9 Å². The molecule has 0 aromatic heterocycles. The van der Waals surface area contributed by atoms with Crippen molar-refractivity contribution in [1.82, 2.24) is 5.32 Å². The van der Waals surface area contributed by atoms with Crippen LogP contribution in [0.15, 0.2) is 18.2 Å². The van der Waals surface area contributed by atoms with Crippen LogP contribution in [0.3, 0.4) is 0 Å². The van der Waals surface area contributed by atoms with Crippen LogP contribution in [0, 0.1) is 0 Å². The van der Waals surface area contributed by atoms with E-state index in [9.17, 15) is 4.79 Å². The van der Waals surface area contributed by atoms with Gasteiger partial charge in [0.05, 0.1) is 18.6 Å². The molecule has 108 valence electrons. The number of amides is 1. The molecule has 4 heteroatoms. The predicted molar refractivity (Wildman–Crippen MR) is 76.2 cm³/mol. The van der Waals surface area contributed by atoms with Crippen LogP contribution in [0.25, 0.3) is 0 Å². The van der Waals surface area contributed by atoms with Gasteiger partial charge in [-0.1, -0.05) is 6.07 Å². The van der Waals surface area contributed by atoms with Gasteiger partial charge in [0.1, 0.15) is 0 Å². The molecule has 0 spiro atoms. The molecule has 1 heterocycles. The summed E-state index contributed by atoms with van der Waals surface area (Å²) in [6.07, 6.45) is -17.3. The molecule has 1 saturated heterocycles. The largest absolute Gasteiger partial charge is 0.493 e. The number of carbonyl (C=O) groups excluding carboxylic acids is 1. The standard InChI is InChI=1S/C16H21NO3/c1-19-14-7-6-11(12-9-16(18)17-10-12)8-15(14)20-13-4-2-3-5-13/h6-8,12-13H,2-5,9-10H2,1H3,(H,17,18)/i1D3,2D2,3D2,4D2,5D2,13D. The summed E-state index contributed by atoms with van der Waals surface area (Å²) in [6.45, 7) is 0.247. The molecule has 1 aliphatic carbocycles. The van der Waals surface area contributed by atoms with Crippen molar-refractivity contribution in [3.63, 3.8) is 0 Å². The third-order valence-corrected chi connectivity index (χ3v) is 3.15. The number of carbonyl (C=O) groups is 1. The van der Waals surface area contributed by atoms with Crippen molar-refractivity contribution in [2.45, 2.75) is 43.9 Å². The first kappa shape index (κ1) is 5.24. The second-order valence-corrected chi connectivity index (χ2v) is 4.44. The summed E-state index contributed by atoms with van der Waals surface area (Å²) >= 11 is 0. The lowest BCUT2D eigenvalue weighted by Crippen LogP contribution is -2.14. The molecule has 3 rings (SSSR count). The minimum absolute atomic E-state index is 0.0949. The van der Waals surface area contributed by atoms with E-state index in [0.29, 0.717) is 5.56 Å². The summed E-state index contributed by atoms with van der Waals surface area (Å²) in [6, 6.07) is 3.75. The first-order valence-corrected chi connectivity index (χ1v) is 6.07. The van der Waals surface area contributed by atoms with Crippen LogP contribution in [0.4, 0.5) is 0 Å². The van der Waals surface area contributed by atoms with Gasteiger partial charge in [-0.05, 0) is 43.2 Å². The van der Waals surface area contributed by atoms with Gasteiger partial charge in [-0.2, -0.15) is 0 Å². The predicted octanol–water partition coefficient (Wildman–Crippen LogP) is 2.62. The Kier molecular flexibility index (Phi) is 1.50. The lowest BCUT2D eigenvalue weighted by atomic mass is 9.98. The molecular weight excluding hydrogens is 254 g/mol. The van der Waals surface area contributed by atoms with Gasteiger partial charge in [-0.3, -0.25) is 4.79 Å². The number of ether oxygens (including phenoxy) is 2. The van der Waals surface area contributed by atoms with E-state index in [2.05, 4.69) is 5.32 Å². The quantitative estimate of drug-likeness (QED) is 0.926. The van der Waals surface area contributed by atoms with Gasteiger partial charge in [-0.25, -0.2) is 0 Å². The molecule has 0 radical (unpaired) electrons. The van der Waals surface area contributed by atoms with Crippen LogP contribution in [0.5, 0.6) is 11.5 Å². The van der Waals surface area contributed by atoms with E-state index in [1.165, 1.54) is 6.07 Å². The van der Waals surface area contributed by atoms with Crippen LogP contribution >= 0.6 is 0 Å². The highest BCUT2D eigenvalue weighted by Gasteiger charge is 2.25. The van der Waals surface area contributed by atoms with Gasteiger partial charge in [0.15, 0.2) is 11.5 Å². The van der Waals surface area contributed by atoms with Gasteiger partial charge in [0.2, 0.25) is 5.91 Å². The van der Waals surface area contributed by atoms with Crippen LogP contribution in [-0.4, -0.2) is 25.6 Å². The van der Waals surface area contributed by atoms with E-state index in [1.807, 2.05) is 0 Å². The molecule has 1 unspecified atom stereocenters. The maximum atomic E-state index is 11.6. The molecule has 20 heavy (non-hydrogen) atoms. The average Bonchev–Trinajstić information content (AvgIpc) is 3.08. The molecule has 1 aromatic rings. The Morgan fingerprint density at radius 1 is 1.40 bits per heavy atom. The SMILES string of the molecule is [2H]C([2H])([2H])Oc1ccc(C2CNC(=O)C2)cc1OC1([2H])C([2H])([2H])C([2H])([2H])C([2H])([2H])C1([2H])[2H]. The minimum atomic E-state index is -3.51. The monoisotopic (exact) mass is 287 g/mol. The Hall–Kier alpha value is -1.71. The van der Waals surface area contributed by atoms with Crippen LogP contribution in [-0.2, 0) is 4.79 Å². The summed E-state index contributed by atoms with van der Waals surface area (Å²) in [5.74, 6) is -1.70. The maximum Gasteiger partial charge on any atom is 0.220 e. The number of benzene rings is 1. The Bertz CT molecular complexity index is 903. The van der Waals surface area contributed by atoms with Gasteiger partial charge in [0, 0.05) is 29.8 Å². The smallest absolute Gasteiger partial charge is 0.220 e. The zero-order chi connectivity index (χ0) is 24.5. The van der Waals surface area contributed by atoms with E-state index in [1.54, 1.807) is 0 Å². The number of methoxy groups -OCH3 is 1. The van der Waals surface area contributed by atoms with Gasteiger partial charge in [0.25, 0.3) is 0 Å². The molecule has 1 amide bonds. The Morgan fingerprint density at radius 3 is 2.95 bits per heavy atom. The second kappa shape index (κ2) is 5.73. The van der Waals surface area contributed by atoms with Crippen LogP contribution in [0.1, 0.15) is 59.8 Å². The van der Waals surface area contributed by atoms with Gasteiger partial charge >= 0.3 is 0 Å². The number of hydrogen-bond donors (Lipinski definition) is 1. The third kappa shape index (κ3) is 2.74. The maximum absolute atomic E-state index is 11.6. The topological polar surface area (TPSA) is 47.6 Å². The summed E-state index contributed by atoms with van der Waals surface area (Å²) in [4.78, 5) is 11.6. The minimum Gasteiger partial charge on any atom is -0.493 e. The summed E-state index contributed by atoms with van der Waals surface area (Å²) in [5, 5.41) is 2.61. The number of rotatable bonds is 4. The zero-order valence-electron chi connectivity index (χ0n) is 22.4. The fourth-order valence-electron chi connectivity index (χ4n) is 2.15. The molecule has 1 saturated carbocycles. The van der Waals surface area contributed by atoms with E-state index in [0.717, 1.165) is 12.1 Å². The summed E-state index contributed by atoms with van der Waals surface area (Å²) in [5.41, 5.74) is 0.421. The molecule has 1 aromatic carbocycles. The van der Waals surface area contributed by atoms with E-state index >= 15 is 0 Å². The van der Waals surface area contributed by atoms with Gasteiger partial charge < -0.3 is 14.8 Å². The molecule has 1 aliphatic heterocycles. The molecule has 1 atom stereocenters. The Morgan fingerprint density at radius 2 is 2.25 bits per heavy atom. The highest BCUT2D eigenvalue weighted by molar-refractivity contribution is 5.79. The summed E-state index contributed by atoms with van der Waals surface area (Å²) in [7, 11) is -2.99. The van der Waals surface area contributed by atoms with Crippen molar-refractivity contribution in [3.8, 4) is 11.5 Å². The van der Waals surface area contributed by atoms with Gasteiger partial charge in [-0.15, -0.1) is 0 Å². The van der Waals surface area contributed by atoms with Crippen LogP contribution in [0.2, 0.25) is 0 Å². The zero-order valence-corrected chi connectivity index (χ0v) is 10.4. The van der Waals surface area contributed by atoms with E-state index in [-0.39, 0.29) is 24.8 Å². The molecular formula is C16H21NO3. The van der Waals surface area contributed by atoms with E-state index < -0.39 is 50.1 Å². The van der Waals surface area contributed by atoms with Crippen molar-refractivity contribution >= 4 is 5.91 Å². The highest BCUT2D eigenvalue weighted by Crippen LogP contribution is 2.35. The number of nitrogens with one attached hydrogen (secondary N) is 1. The van der Waals surface area contributed by atoms with Crippen molar-refractivity contribution < 1.29 is 30.7 Å². The molecule has 2 aliphatic rings. The normalized spacial score (nSPS) is 44.0. The molecule has 4 nitrogen and oxygen atoms in total. The molecule has 0 bridgehead atoms. The Labute approximate surface area is 136 Å². The first-order chi connectivity index (χ1) is 14.3. The fraction of sp³-hybridized carbons (Fsp3) is 0.562. The lowest BCUT2D eigenvalue weighted by molar-refractivity contribution is -0.119. The fourth-order valence-corrected chi connectivity index (χ4v) is 2.15. The molecule has 1 N–H and O–H groups in total. The summed E-state index contributed by atoms with van der Waals surface area (Å²) < 4.78 is 104. The van der Waals surface area contributed by atoms with Crippen molar-refractivity contribution in [2.75, 3.05) is 13.6 Å². The Balaban J connectivity index is 2.14. The first-order valence-electron chi connectivity index (χ1n) is 12.1. The lowest BCUT2D eigenvalue weighted by Gasteiger charge is -2.18. The third-order valence-electron chi connectivity index (χ3n) is 3.15. The van der Waals surface area contributed by atoms with Crippen molar-refractivity contribution in [1.29, 1.82) is 0 Å². The second-order valence-electron chi connectivity index (χ2n) is 4.44. The number of hydrogen-bond acceptors (Lipinski definition) is 3.